The average Bonchev–Trinajstić information content (AvgIpc) is 3.94. The van der Waals surface area contributed by atoms with Gasteiger partial charge in [0.05, 0.1) is 37.4 Å². The highest BCUT2D eigenvalue weighted by Crippen LogP contribution is 2.62. The SMILES string of the molecule is CC(=O)O[C@@H]1[C@@H](O)[C@H](O[C@H]2[C@H](OC(=O)[C@H]3CC[C@@H]4[C@H](C3)O[C@@]3(C[C@H](OC(=O)/C=C/c5ccccc5)[C@H](C)CO3)[C@]43CO3)O[C@H](C)[C@@H](O)[C@@H]2OC(C)=O)O[C@H](C)[C@H]1O. The number of epoxide rings is 1. The van der Waals surface area contributed by atoms with E-state index in [4.69, 9.17) is 47.4 Å². The van der Waals surface area contributed by atoms with E-state index in [-0.39, 0.29) is 31.3 Å². The van der Waals surface area contributed by atoms with Crippen molar-refractivity contribution < 1.29 is 81.9 Å². The van der Waals surface area contributed by atoms with Gasteiger partial charge in [-0.25, -0.2) is 4.79 Å². The number of esters is 4. The van der Waals surface area contributed by atoms with Gasteiger partial charge in [0.25, 0.3) is 0 Å². The molecule has 2 spiro atoms. The quantitative estimate of drug-likeness (QED) is 0.139. The number of ether oxygens (including phenoxy) is 10. The maximum Gasteiger partial charge on any atom is 0.331 e. The summed E-state index contributed by atoms with van der Waals surface area (Å²) < 4.78 is 59.4. The average molecular weight is 805 g/mol. The Kier molecular flexibility index (Phi) is 12.1. The van der Waals surface area contributed by atoms with Crippen LogP contribution in [0.5, 0.6) is 0 Å². The van der Waals surface area contributed by atoms with Crippen molar-refractivity contribution in [2.45, 2.75) is 145 Å². The van der Waals surface area contributed by atoms with Crippen molar-refractivity contribution in [3.05, 3.63) is 42.0 Å². The molecule has 0 amide bonds. The van der Waals surface area contributed by atoms with E-state index in [1.54, 1.807) is 6.08 Å². The number of aliphatic hydroxyl groups is 3. The molecule has 7 rings (SSSR count). The lowest BCUT2D eigenvalue weighted by Crippen LogP contribution is -2.64. The van der Waals surface area contributed by atoms with E-state index in [0.717, 1.165) is 19.4 Å². The molecule has 3 N–H and O–H groups in total. The van der Waals surface area contributed by atoms with Gasteiger partial charge in [-0.1, -0.05) is 37.3 Å². The Morgan fingerprint density at radius 1 is 0.789 bits per heavy atom. The van der Waals surface area contributed by atoms with E-state index in [0.29, 0.717) is 19.4 Å². The van der Waals surface area contributed by atoms with E-state index in [1.807, 2.05) is 37.3 Å². The van der Waals surface area contributed by atoms with Crippen LogP contribution in [0.15, 0.2) is 36.4 Å². The third kappa shape index (κ3) is 8.36. The summed E-state index contributed by atoms with van der Waals surface area (Å²) in [5, 5.41) is 32.7. The lowest BCUT2D eigenvalue weighted by molar-refractivity contribution is -0.358. The third-order valence-electron chi connectivity index (χ3n) is 12.0. The van der Waals surface area contributed by atoms with Gasteiger partial charge in [0.15, 0.2) is 30.2 Å². The highest BCUT2D eigenvalue weighted by molar-refractivity contribution is 5.87. The maximum atomic E-state index is 14.0. The van der Waals surface area contributed by atoms with Crippen LogP contribution >= 0.6 is 0 Å². The summed E-state index contributed by atoms with van der Waals surface area (Å²) in [5.41, 5.74) is 0.102. The van der Waals surface area contributed by atoms with Crippen molar-refractivity contribution in [1.82, 2.24) is 0 Å². The van der Waals surface area contributed by atoms with Gasteiger partial charge in [-0.05, 0) is 44.7 Å². The smallest absolute Gasteiger partial charge is 0.331 e. The minimum Gasteiger partial charge on any atom is -0.459 e. The van der Waals surface area contributed by atoms with Crippen molar-refractivity contribution >= 4 is 30.0 Å². The largest absolute Gasteiger partial charge is 0.459 e. The number of hydrogen-bond acceptors (Lipinski definition) is 17. The van der Waals surface area contributed by atoms with Crippen LogP contribution in [0.1, 0.15) is 65.9 Å². The number of carbonyl (C=O) groups is 4. The van der Waals surface area contributed by atoms with Crippen molar-refractivity contribution in [2.24, 2.45) is 17.8 Å². The first-order chi connectivity index (χ1) is 27.1. The zero-order chi connectivity index (χ0) is 40.8. The van der Waals surface area contributed by atoms with Gasteiger partial charge < -0.3 is 62.7 Å². The lowest BCUT2D eigenvalue weighted by atomic mass is 9.72. The monoisotopic (exact) mass is 804 g/mol. The molecule has 6 fully saturated rings. The minimum atomic E-state index is -1.73. The van der Waals surface area contributed by atoms with Crippen LogP contribution < -0.4 is 0 Å². The Bertz CT molecular complexity index is 1670. The molecule has 1 aromatic carbocycles. The molecule has 57 heavy (non-hydrogen) atoms. The Morgan fingerprint density at radius 2 is 1.44 bits per heavy atom. The van der Waals surface area contributed by atoms with Gasteiger partial charge in [-0.2, -0.15) is 0 Å². The summed E-state index contributed by atoms with van der Waals surface area (Å²) in [4.78, 5) is 50.9. The second kappa shape index (κ2) is 16.6. The molecular formula is C40H52O17. The summed E-state index contributed by atoms with van der Waals surface area (Å²) in [6.45, 7) is 7.81. The topological polar surface area (TPSA) is 225 Å². The van der Waals surface area contributed by atoms with Crippen LogP contribution in [0.4, 0.5) is 0 Å². The predicted octanol–water partition coefficient (Wildman–Crippen LogP) is 1.31. The molecule has 1 aliphatic carbocycles. The van der Waals surface area contributed by atoms with Gasteiger partial charge in [0, 0.05) is 38.2 Å². The van der Waals surface area contributed by atoms with Gasteiger partial charge in [-0.15, -0.1) is 0 Å². The molecule has 5 aliphatic heterocycles. The van der Waals surface area contributed by atoms with E-state index in [1.165, 1.54) is 19.9 Å². The van der Waals surface area contributed by atoms with E-state index in [2.05, 4.69) is 0 Å². The zero-order valence-corrected chi connectivity index (χ0v) is 32.5. The highest BCUT2D eigenvalue weighted by Gasteiger charge is 2.76. The Morgan fingerprint density at radius 3 is 2.11 bits per heavy atom. The molecule has 17 atom stereocenters. The van der Waals surface area contributed by atoms with Crippen LogP contribution in [0.25, 0.3) is 6.08 Å². The van der Waals surface area contributed by atoms with Gasteiger partial charge in [0.2, 0.25) is 12.1 Å². The Labute approximate surface area is 329 Å². The van der Waals surface area contributed by atoms with Crippen molar-refractivity contribution in [2.75, 3.05) is 13.2 Å². The van der Waals surface area contributed by atoms with E-state index in [9.17, 15) is 34.5 Å². The number of rotatable bonds is 9. The van der Waals surface area contributed by atoms with E-state index >= 15 is 0 Å². The molecule has 17 nitrogen and oxygen atoms in total. The first kappa shape index (κ1) is 41.6. The fraction of sp³-hybridized carbons (Fsp3) is 0.700. The molecule has 0 bridgehead atoms. The van der Waals surface area contributed by atoms with Gasteiger partial charge in [-0.3, -0.25) is 14.4 Å². The second-order valence-electron chi connectivity index (χ2n) is 16.0. The molecule has 0 unspecified atom stereocenters. The fourth-order valence-corrected chi connectivity index (χ4v) is 8.85. The number of hydrogen-bond donors (Lipinski definition) is 3. The summed E-state index contributed by atoms with van der Waals surface area (Å²) in [5.74, 6) is -4.80. The molecule has 17 heteroatoms. The molecule has 6 aliphatic rings. The zero-order valence-electron chi connectivity index (χ0n) is 32.5. The Balaban J connectivity index is 1.04. The molecule has 5 saturated heterocycles. The Hall–Kier alpha value is -3.52. The van der Waals surface area contributed by atoms with Gasteiger partial charge in [0.1, 0.15) is 24.4 Å². The lowest BCUT2D eigenvalue weighted by Gasteiger charge is -2.46. The highest BCUT2D eigenvalue weighted by atomic mass is 16.8. The van der Waals surface area contributed by atoms with Crippen molar-refractivity contribution in [3.8, 4) is 0 Å². The number of benzene rings is 1. The van der Waals surface area contributed by atoms with Crippen molar-refractivity contribution in [1.29, 1.82) is 0 Å². The number of carbonyl (C=O) groups excluding carboxylic acids is 4. The molecular weight excluding hydrogens is 752 g/mol. The normalized spacial score (nSPS) is 44.0. The molecule has 5 heterocycles. The minimum absolute atomic E-state index is 0.109. The van der Waals surface area contributed by atoms with Crippen molar-refractivity contribution in [3.63, 3.8) is 0 Å². The summed E-state index contributed by atoms with van der Waals surface area (Å²) in [7, 11) is 0. The molecule has 1 aromatic rings. The number of aliphatic hydroxyl groups excluding tert-OH is 3. The molecule has 0 aromatic heterocycles. The third-order valence-corrected chi connectivity index (χ3v) is 12.0. The summed E-state index contributed by atoms with van der Waals surface area (Å²) in [6, 6.07) is 9.42. The van der Waals surface area contributed by atoms with Crippen LogP contribution in [0, 0.1) is 17.8 Å². The number of fused-ring (bicyclic) bond motifs is 3. The molecule has 314 valence electrons. The second-order valence-corrected chi connectivity index (χ2v) is 16.0. The van der Waals surface area contributed by atoms with Crippen LogP contribution in [0.2, 0.25) is 0 Å². The fourth-order valence-electron chi connectivity index (χ4n) is 8.85. The first-order valence-electron chi connectivity index (χ1n) is 19.6. The predicted molar refractivity (Wildman–Crippen MR) is 191 cm³/mol. The summed E-state index contributed by atoms with van der Waals surface area (Å²) in [6.07, 6.45) is -10.6. The van der Waals surface area contributed by atoms with E-state index < -0.39 is 115 Å². The summed E-state index contributed by atoms with van der Waals surface area (Å²) >= 11 is 0. The molecule has 1 saturated carbocycles. The van der Waals surface area contributed by atoms with Crippen LogP contribution in [-0.2, 0) is 66.5 Å². The van der Waals surface area contributed by atoms with Gasteiger partial charge >= 0.3 is 23.9 Å². The van der Waals surface area contributed by atoms with Crippen LogP contribution in [0.3, 0.4) is 0 Å². The standard InChI is InChI=1S/C40H52O17/c1-19-17-48-40(16-28(19)54-29(43)14-11-24-9-7-6-8-10-24)39(18-49-39)26-13-12-25(15-27(26)57-40)36(47)56-38-35(34(53-23(5)42)31(45)21(3)51-38)55-37-32(46)33(52-22(4)41)30(44)20(2)50-37/h6-11,14,19-21,25-28,30-35,37-38,44-46H,12-13,15-18H2,1-5H3/b14-11+/t19-,20-,21-,25+,26-,27+,28+,30-,31-,32-,33+,34+,35-,37+,38+,39+,40+/m1/s1. The first-order valence-corrected chi connectivity index (χ1v) is 19.6. The maximum absolute atomic E-state index is 14.0. The molecule has 0 radical (unpaired) electrons. The van der Waals surface area contributed by atoms with Crippen LogP contribution in [-0.4, -0.2) is 137 Å².